The second-order valence-corrected chi connectivity index (χ2v) is 9.97. The molecule has 11 heteroatoms. The number of hydrogen-bond donors (Lipinski definition) is 3. The minimum atomic E-state index is -1.43. The van der Waals surface area contributed by atoms with E-state index >= 15 is 4.39 Å². The first-order chi connectivity index (χ1) is 14.9. The summed E-state index contributed by atoms with van der Waals surface area (Å²) in [6.45, 7) is 15.8. The van der Waals surface area contributed by atoms with Crippen LogP contribution in [0.5, 0.6) is 0 Å². The summed E-state index contributed by atoms with van der Waals surface area (Å²) >= 11 is 0. The van der Waals surface area contributed by atoms with Gasteiger partial charge in [-0.25, -0.2) is 18.4 Å². The van der Waals surface area contributed by atoms with Crippen molar-refractivity contribution in [3.05, 3.63) is 30.6 Å². The SMILES string of the molecule is C=C(Nc1ncc(F)c(NC2CC(C)(C)NC(C)(C)C2)n1)C(F)[C@@H](C)[C@H](C)n1cnnn1. The van der Waals surface area contributed by atoms with Gasteiger partial charge in [-0.3, -0.25) is 0 Å². The molecule has 0 aliphatic carbocycles. The molecule has 0 spiro atoms. The summed E-state index contributed by atoms with van der Waals surface area (Å²) in [5.41, 5.74) is -0.127. The number of tetrazole rings is 1. The van der Waals surface area contributed by atoms with E-state index in [0.717, 1.165) is 19.0 Å². The summed E-state index contributed by atoms with van der Waals surface area (Å²) in [5.74, 6) is -0.876. The van der Waals surface area contributed by atoms with Crippen molar-refractivity contribution in [1.29, 1.82) is 0 Å². The smallest absolute Gasteiger partial charge is 0.229 e. The van der Waals surface area contributed by atoms with Crippen molar-refractivity contribution >= 4 is 11.8 Å². The molecule has 2 aromatic rings. The van der Waals surface area contributed by atoms with Crippen molar-refractivity contribution in [1.82, 2.24) is 35.5 Å². The normalized spacial score (nSPS) is 20.9. The van der Waals surface area contributed by atoms with Crippen LogP contribution in [0.2, 0.25) is 0 Å². The Hall–Kier alpha value is -2.69. The summed E-state index contributed by atoms with van der Waals surface area (Å²) in [4.78, 5) is 8.20. The number of anilines is 2. The lowest BCUT2D eigenvalue weighted by atomic mass is 9.79. The van der Waals surface area contributed by atoms with E-state index in [-0.39, 0.29) is 40.6 Å². The highest BCUT2D eigenvalue weighted by Gasteiger charge is 2.38. The fraction of sp³-hybridized carbons (Fsp3) is 0.667. The molecule has 1 aliphatic heterocycles. The summed E-state index contributed by atoms with van der Waals surface area (Å²) in [7, 11) is 0. The zero-order chi connectivity index (χ0) is 23.7. The second kappa shape index (κ2) is 9.05. The summed E-state index contributed by atoms with van der Waals surface area (Å²) in [6, 6.07) is -0.274. The van der Waals surface area contributed by atoms with Gasteiger partial charge < -0.3 is 16.0 Å². The van der Waals surface area contributed by atoms with E-state index in [1.807, 2.05) is 6.92 Å². The van der Waals surface area contributed by atoms with Crippen LogP contribution in [-0.2, 0) is 0 Å². The first kappa shape index (κ1) is 24.0. The maximum absolute atomic E-state index is 15.0. The van der Waals surface area contributed by atoms with E-state index in [2.05, 4.69) is 75.7 Å². The van der Waals surface area contributed by atoms with E-state index in [9.17, 15) is 4.39 Å². The average Bonchev–Trinajstić information content (AvgIpc) is 3.21. The van der Waals surface area contributed by atoms with Gasteiger partial charge in [-0.05, 0) is 57.9 Å². The Morgan fingerprint density at radius 1 is 1.25 bits per heavy atom. The largest absolute Gasteiger partial charge is 0.365 e. The van der Waals surface area contributed by atoms with Gasteiger partial charge in [-0.1, -0.05) is 13.5 Å². The Bertz CT molecular complexity index is 913. The highest BCUT2D eigenvalue weighted by Crippen LogP contribution is 2.31. The lowest BCUT2D eigenvalue weighted by Gasteiger charge is -2.46. The van der Waals surface area contributed by atoms with E-state index < -0.39 is 17.9 Å². The Labute approximate surface area is 187 Å². The first-order valence-electron chi connectivity index (χ1n) is 10.8. The number of alkyl halides is 1. The van der Waals surface area contributed by atoms with Crippen molar-refractivity contribution in [3.63, 3.8) is 0 Å². The molecule has 2 aromatic heterocycles. The maximum Gasteiger partial charge on any atom is 0.229 e. The van der Waals surface area contributed by atoms with E-state index in [4.69, 9.17) is 0 Å². The van der Waals surface area contributed by atoms with Crippen LogP contribution in [0.25, 0.3) is 0 Å². The molecule has 0 saturated carbocycles. The Balaban J connectivity index is 1.68. The molecule has 1 saturated heterocycles. The van der Waals surface area contributed by atoms with Gasteiger partial charge in [0.1, 0.15) is 12.5 Å². The molecule has 1 unspecified atom stereocenters. The quantitative estimate of drug-likeness (QED) is 0.563. The molecular formula is C21H33F2N9. The van der Waals surface area contributed by atoms with Crippen LogP contribution in [0.15, 0.2) is 24.8 Å². The van der Waals surface area contributed by atoms with Gasteiger partial charge >= 0.3 is 0 Å². The molecule has 1 fully saturated rings. The molecule has 3 N–H and O–H groups in total. The van der Waals surface area contributed by atoms with Gasteiger partial charge in [0.2, 0.25) is 5.95 Å². The monoisotopic (exact) mass is 449 g/mol. The predicted octanol–water partition coefficient (Wildman–Crippen LogP) is 3.48. The number of allylic oxidation sites excluding steroid dienone is 1. The van der Waals surface area contributed by atoms with Gasteiger partial charge in [0.05, 0.1) is 12.2 Å². The molecule has 3 heterocycles. The standard InChI is InChI=1S/C21H33F2N9/c1-12(14(3)32-11-25-30-31-32)17(23)13(2)26-19-24-10-16(22)18(28-19)27-15-8-20(4,5)29-21(6,7)9-15/h10-12,14-15,17,29H,2,8-9H2,1,3-7H3,(H2,24,26,27,28)/t12-,14-,17?/m0/s1. The maximum atomic E-state index is 15.0. The third kappa shape index (κ3) is 5.76. The summed E-state index contributed by atoms with van der Waals surface area (Å²) < 4.78 is 31.0. The fourth-order valence-corrected chi connectivity index (χ4v) is 4.52. The molecule has 1 aliphatic rings. The Morgan fingerprint density at radius 2 is 1.91 bits per heavy atom. The first-order valence-corrected chi connectivity index (χ1v) is 10.8. The van der Waals surface area contributed by atoms with Crippen LogP contribution in [0, 0.1) is 11.7 Å². The molecule has 0 aromatic carbocycles. The third-order valence-corrected chi connectivity index (χ3v) is 5.89. The Morgan fingerprint density at radius 3 is 2.50 bits per heavy atom. The Kier molecular flexibility index (Phi) is 6.77. The van der Waals surface area contributed by atoms with E-state index in [1.54, 1.807) is 6.92 Å². The second-order valence-electron chi connectivity index (χ2n) is 9.97. The number of nitrogens with zero attached hydrogens (tertiary/aromatic N) is 6. The molecule has 176 valence electrons. The molecule has 32 heavy (non-hydrogen) atoms. The minimum Gasteiger partial charge on any atom is -0.365 e. The molecule has 0 amide bonds. The van der Waals surface area contributed by atoms with Crippen molar-refractivity contribution in [3.8, 4) is 0 Å². The third-order valence-electron chi connectivity index (χ3n) is 5.89. The summed E-state index contributed by atoms with van der Waals surface area (Å²) in [5, 5.41) is 20.6. The average molecular weight is 450 g/mol. The number of halogens is 2. The van der Waals surface area contributed by atoms with Crippen molar-refractivity contribution in [2.45, 2.75) is 83.7 Å². The number of aromatic nitrogens is 6. The topological polar surface area (TPSA) is 105 Å². The van der Waals surface area contributed by atoms with Crippen LogP contribution in [0.3, 0.4) is 0 Å². The molecule has 9 nitrogen and oxygen atoms in total. The van der Waals surface area contributed by atoms with Crippen LogP contribution in [-0.4, -0.2) is 53.5 Å². The van der Waals surface area contributed by atoms with Crippen LogP contribution < -0.4 is 16.0 Å². The molecule has 0 bridgehead atoms. The summed E-state index contributed by atoms with van der Waals surface area (Å²) in [6.07, 6.45) is 2.69. The van der Waals surface area contributed by atoms with Gasteiger partial charge in [0.25, 0.3) is 0 Å². The minimum absolute atomic E-state index is 0.0211. The molecule has 3 rings (SSSR count). The van der Waals surface area contributed by atoms with Gasteiger partial charge in [0, 0.05) is 28.7 Å². The number of nitrogens with one attached hydrogen (secondary N) is 3. The zero-order valence-electron chi connectivity index (χ0n) is 19.5. The van der Waals surface area contributed by atoms with Gasteiger partial charge in [0.15, 0.2) is 11.6 Å². The van der Waals surface area contributed by atoms with Crippen LogP contribution >= 0.6 is 0 Å². The molecule has 3 atom stereocenters. The van der Waals surface area contributed by atoms with Gasteiger partial charge in [-0.2, -0.15) is 4.98 Å². The fourth-order valence-electron chi connectivity index (χ4n) is 4.52. The van der Waals surface area contributed by atoms with E-state index in [1.165, 1.54) is 11.0 Å². The highest BCUT2D eigenvalue weighted by molar-refractivity contribution is 5.45. The van der Waals surface area contributed by atoms with Crippen LogP contribution in [0.4, 0.5) is 20.5 Å². The molecule has 0 radical (unpaired) electrons. The van der Waals surface area contributed by atoms with Crippen LogP contribution in [0.1, 0.15) is 60.4 Å². The van der Waals surface area contributed by atoms with Crippen molar-refractivity contribution in [2.24, 2.45) is 5.92 Å². The van der Waals surface area contributed by atoms with Gasteiger partial charge in [-0.15, -0.1) is 5.10 Å². The number of hydrogen-bond acceptors (Lipinski definition) is 8. The van der Waals surface area contributed by atoms with Crippen molar-refractivity contribution < 1.29 is 8.78 Å². The predicted molar refractivity (Wildman–Crippen MR) is 119 cm³/mol. The number of rotatable bonds is 8. The zero-order valence-corrected chi connectivity index (χ0v) is 19.5. The lowest BCUT2D eigenvalue weighted by Crippen LogP contribution is -2.60. The highest BCUT2D eigenvalue weighted by atomic mass is 19.1. The lowest BCUT2D eigenvalue weighted by molar-refractivity contribution is 0.170. The van der Waals surface area contributed by atoms with Crippen molar-refractivity contribution in [2.75, 3.05) is 10.6 Å². The number of piperidine rings is 1. The van der Waals surface area contributed by atoms with E-state index in [0.29, 0.717) is 0 Å². The molecular weight excluding hydrogens is 416 g/mol.